The highest BCUT2D eigenvalue weighted by Crippen LogP contribution is 2.26. The van der Waals surface area contributed by atoms with E-state index in [-0.39, 0.29) is 17.9 Å². The molecule has 0 aromatic heterocycles. The summed E-state index contributed by atoms with van der Waals surface area (Å²) in [6.45, 7) is 2.10. The summed E-state index contributed by atoms with van der Waals surface area (Å²) in [4.78, 5) is 24.6. The van der Waals surface area contributed by atoms with Gasteiger partial charge in [0.25, 0.3) is 0 Å². The summed E-state index contributed by atoms with van der Waals surface area (Å²) in [5.41, 5.74) is 1.91. The number of aliphatic carboxylic acids is 1. The van der Waals surface area contributed by atoms with Crippen LogP contribution in [0.3, 0.4) is 0 Å². The predicted molar refractivity (Wildman–Crippen MR) is 112 cm³/mol. The van der Waals surface area contributed by atoms with E-state index in [1.807, 2.05) is 37.3 Å². The number of aryl methyl sites for hydroxylation is 2. The van der Waals surface area contributed by atoms with E-state index in [4.69, 9.17) is 0 Å². The zero-order chi connectivity index (χ0) is 21.7. The number of carbonyl (C=O) groups excluding carboxylic acids is 1. The molecule has 1 aliphatic rings. The normalized spacial score (nSPS) is 18.1. The van der Waals surface area contributed by atoms with E-state index in [0.29, 0.717) is 19.3 Å². The monoisotopic (exact) mass is 430 g/mol. The molecule has 7 nitrogen and oxygen atoms in total. The van der Waals surface area contributed by atoms with E-state index in [0.717, 1.165) is 11.1 Å². The lowest BCUT2D eigenvalue weighted by molar-refractivity contribution is -0.142. The molecule has 1 unspecified atom stereocenters. The Balaban J connectivity index is 1.70. The Morgan fingerprint density at radius 3 is 2.43 bits per heavy atom. The first-order valence-electron chi connectivity index (χ1n) is 9.94. The standard InChI is InChI=1S/C22H26N2O5S/c1-16-9-12-18(13-10-16)30(28,29)24-15-5-8-20(24)21(25)23-19(22(26)27)14-11-17-6-3-2-4-7-17/h2-4,6-7,9-10,12-13,19-20H,5,8,11,14-15H2,1H3,(H,23,25)(H,26,27)/t19?,20-/m0/s1. The average molecular weight is 431 g/mol. The van der Waals surface area contributed by atoms with Gasteiger partial charge in [0.05, 0.1) is 4.90 Å². The van der Waals surface area contributed by atoms with Gasteiger partial charge in [-0.3, -0.25) is 4.79 Å². The third kappa shape index (κ3) is 5.06. The molecule has 2 aromatic carbocycles. The highest BCUT2D eigenvalue weighted by atomic mass is 32.2. The first kappa shape index (κ1) is 22.0. The number of benzene rings is 2. The minimum absolute atomic E-state index is 0.131. The van der Waals surface area contributed by atoms with Crippen molar-refractivity contribution in [1.29, 1.82) is 0 Å². The molecule has 1 aliphatic heterocycles. The third-order valence-corrected chi connectivity index (χ3v) is 7.24. The van der Waals surface area contributed by atoms with Gasteiger partial charge in [-0.25, -0.2) is 13.2 Å². The molecule has 30 heavy (non-hydrogen) atoms. The molecule has 0 spiro atoms. The lowest BCUT2D eigenvalue weighted by atomic mass is 10.0. The van der Waals surface area contributed by atoms with Crippen LogP contribution in [0.15, 0.2) is 59.5 Å². The lowest BCUT2D eigenvalue weighted by Crippen LogP contribution is -2.50. The molecule has 2 aromatic rings. The van der Waals surface area contributed by atoms with Crippen molar-refractivity contribution in [2.24, 2.45) is 0 Å². The van der Waals surface area contributed by atoms with Gasteiger partial charge in [-0.05, 0) is 50.3 Å². The topological polar surface area (TPSA) is 104 Å². The second kappa shape index (κ2) is 9.40. The molecule has 1 fully saturated rings. The van der Waals surface area contributed by atoms with Gasteiger partial charge in [0.1, 0.15) is 12.1 Å². The van der Waals surface area contributed by atoms with Crippen LogP contribution in [-0.2, 0) is 26.0 Å². The number of hydrogen-bond donors (Lipinski definition) is 2. The van der Waals surface area contributed by atoms with Crippen molar-refractivity contribution in [3.63, 3.8) is 0 Å². The van der Waals surface area contributed by atoms with Crippen molar-refractivity contribution >= 4 is 21.9 Å². The molecule has 0 aliphatic carbocycles. The summed E-state index contributed by atoms with van der Waals surface area (Å²) in [5, 5.41) is 12.1. The number of amides is 1. The second-order valence-electron chi connectivity index (χ2n) is 7.51. The van der Waals surface area contributed by atoms with E-state index < -0.39 is 34.0 Å². The van der Waals surface area contributed by atoms with Crippen LogP contribution in [0.1, 0.15) is 30.4 Å². The Morgan fingerprint density at radius 1 is 1.13 bits per heavy atom. The minimum Gasteiger partial charge on any atom is -0.480 e. The molecule has 0 bridgehead atoms. The molecule has 0 saturated carbocycles. The maximum Gasteiger partial charge on any atom is 0.326 e. The third-order valence-electron chi connectivity index (χ3n) is 5.31. The second-order valence-corrected chi connectivity index (χ2v) is 9.40. The van der Waals surface area contributed by atoms with Crippen LogP contribution in [0.25, 0.3) is 0 Å². The smallest absolute Gasteiger partial charge is 0.326 e. The van der Waals surface area contributed by atoms with Gasteiger partial charge >= 0.3 is 5.97 Å². The van der Waals surface area contributed by atoms with Gasteiger partial charge in [0.2, 0.25) is 15.9 Å². The van der Waals surface area contributed by atoms with Gasteiger partial charge in [-0.2, -0.15) is 4.31 Å². The largest absolute Gasteiger partial charge is 0.480 e. The van der Waals surface area contributed by atoms with Crippen molar-refractivity contribution in [2.75, 3.05) is 6.54 Å². The molecule has 2 N–H and O–H groups in total. The van der Waals surface area contributed by atoms with E-state index in [1.54, 1.807) is 12.1 Å². The van der Waals surface area contributed by atoms with Gasteiger partial charge in [-0.1, -0.05) is 48.0 Å². The summed E-state index contributed by atoms with van der Waals surface area (Å²) in [5.74, 6) is -1.70. The maximum absolute atomic E-state index is 13.0. The fraction of sp³-hybridized carbons (Fsp3) is 0.364. The van der Waals surface area contributed by atoms with Crippen LogP contribution in [-0.4, -0.2) is 48.3 Å². The molecule has 160 valence electrons. The lowest BCUT2D eigenvalue weighted by Gasteiger charge is -2.25. The summed E-state index contributed by atoms with van der Waals surface area (Å²) in [7, 11) is -3.84. The quantitative estimate of drug-likeness (QED) is 0.669. The summed E-state index contributed by atoms with van der Waals surface area (Å²) >= 11 is 0. The van der Waals surface area contributed by atoms with Crippen LogP contribution in [0, 0.1) is 6.92 Å². The number of carboxylic acids is 1. The fourth-order valence-corrected chi connectivity index (χ4v) is 5.27. The fourth-order valence-electron chi connectivity index (χ4n) is 3.62. The van der Waals surface area contributed by atoms with Gasteiger partial charge in [0, 0.05) is 6.54 Å². The number of rotatable bonds is 8. The number of nitrogens with one attached hydrogen (secondary N) is 1. The molecule has 2 atom stereocenters. The molecule has 3 rings (SSSR count). The minimum atomic E-state index is -3.84. The molecule has 0 radical (unpaired) electrons. The van der Waals surface area contributed by atoms with E-state index >= 15 is 0 Å². The summed E-state index contributed by atoms with van der Waals surface area (Å²) in [6, 6.07) is 13.9. The first-order chi connectivity index (χ1) is 14.3. The summed E-state index contributed by atoms with van der Waals surface area (Å²) < 4.78 is 27.2. The first-order valence-corrected chi connectivity index (χ1v) is 11.4. The maximum atomic E-state index is 13.0. The van der Waals surface area contributed by atoms with Gasteiger partial charge in [0.15, 0.2) is 0 Å². The van der Waals surface area contributed by atoms with Crippen molar-refractivity contribution in [3.8, 4) is 0 Å². The molecular formula is C22H26N2O5S. The van der Waals surface area contributed by atoms with Crippen LogP contribution in [0.5, 0.6) is 0 Å². The number of sulfonamides is 1. The van der Waals surface area contributed by atoms with Crippen LogP contribution < -0.4 is 5.32 Å². The number of nitrogens with zero attached hydrogens (tertiary/aromatic N) is 1. The van der Waals surface area contributed by atoms with Gasteiger partial charge in [-0.15, -0.1) is 0 Å². The zero-order valence-electron chi connectivity index (χ0n) is 16.8. The Bertz CT molecular complexity index is 990. The van der Waals surface area contributed by atoms with Crippen molar-refractivity contribution < 1.29 is 23.1 Å². The van der Waals surface area contributed by atoms with E-state index in [2.05, 4.69) is 5.32 Å². The van der Waals surface area contributed by atoms with Crippen LogP contribution >= 0.6 is 0 Å². The highest BCUT2D eigenvalue weighted by Gasteiger charge is 2.40. The van der Waals surface area contributed by atoms with Crippen LogP contribution in [0.2, 0.25) is 0 Å². The average Bonchev–Trinajstić information content (AvgIpc) is 3.23. The number of carboxylic acid groups (broad SMARTS) is 1. The molecule has 1 amide bonds. The molecule has 8 heteroatoms. The Labute approximate surface area is 176 Å². The zero-order valence-corrected chi connectivity index (χ0v) is 17.6. The number of carbonyl (C=O) groups is 2. The summed E-state index contributed by atoms with van der Waals surface area (Å²) in [6.07, 6.45) is 1.63. The van der Waals surface area contributed by atoms with E-state index in [9.17, 15) is 23.1 Å². The predicted octanol–water partition coefficient (Wildman–Crippen LogP) is 2.35. The van der Waals surface area contributed by atoms with Crippen molar-refractivity contribution in [1.82, 2.24) is 9.62 Å². The SMILES string of the molecule is Cc1ccc(S(=O)(=O)N2CCC[C@H]2C(=O)NC(CCc2ccccc2)C(=O)O)cc1. The highest BCUT2D eigenvalue weighted by molar-refractivity contribution is 7.89. The van der Waals surface area contributed by atoms with E-state index in [1.165, 1.54) is 16.4 Å². The molecule has 1 heterocycles. The Kier molecular flexibility index (Phi) is 6.89. The van der Waals surface area contributed by atoms with Crippen molar-refractivity contribution in [3.05, 3.63) is 65.7 Å². The van der Waals surface area contributed by atoms with Gasteiger partial charge < -0.3 is 10.4 Å². The Morgan fingerprint density at radius 2 is 1.80 bits per heavy atom. The van der Waals surface area contributed by atoms with Crippen molar-refractivity contribution in [2.45, 2.75) is 49.6 Å². The molecular weight excluding hydrogens is 404 g/mol. The molecule has 1 saturated heterocycles. The van der Waals surface area contributed by atoms with Crippen LogP contribution in [0.4, 0.5) is 0 Å². The Hall–Kier alpha value is -2.71. The number of hydrogen-bond acceptors (Lipinski definition) is 4.